The fourth-order valence-corrected chi connectivity index (χ4v) is 4.49. The predicted octanol–water partition coefficient (Wildman–Crippen LogP) is 2.47. The van der Waals surface area contributed by atoms with Crippen LogP contribution in [-0.2, 0) is 9.59 Å². The molecule has 144 valence electrons. The zero-order valence-corrected chi connectivity index (χ0v) is 16.6. The van der Waals surface area contributed by atoms with Crippen molar-refractivity contribution in [2.24, 2.45) is 0 Å². The van der Waals surface area contributed by atoms with Crippen LogP contribution in [0.3, 0.4) is 0 Å². The number of thiazole rings is 1. The van der Waals surface area contributed by atoms with E-state index in [0.717, 1.165) is 10.0 Å². The van der Waals surface area contributed by atoms with Gasteiger partial charge in [0.1, 0.15) is 5.82 Å². The standard InChI is InChI=1S/C18H21FN4O2S2/c1-13-11-26-18(20-13)27-12-17(25)23-7-5-22(6-8-23)10-16(24)21-15-4-2-3-14(19)9-15/h2-4,9,11H,5-8,10,12H2,1H3,(H,21,24). The van der Waals surface area contributed by atoms with Gasteiger partial charge in [-0.1, -0.05) is 17.8 Å². The van der Waals surface area contributed by atoms with Gasteiger partial charge in [-0.05, 0) is 25.1 Å². The number of thioether (sulfide) groups is 1. The summed E-state index contributed by atoms with van der Waals surface area (Å²) in [5, 5.41) is 4.67. The summed E-state index contributed by atoms with van der Waals surface area (Å²) in [6.45, 7) is 4.65. The van der Waals surface area contributed by atoms with Crippen LogP contribution >= 0.6 is 23.1 Å². The summed E-state index contributed by atoms with van der Waals surface area (Å²) >= 11 is 3.02. The number of aromatic nitrogens is 1. The number of halogens is 1. The molecule has 0 radical (unpaired) electrons. The van der Waals surface area contributed by atoms with E-state index < -0.39 is 0 Å². The van der Waals surface area contributed by atoms with E-state index >= 15 is 0 Å². The molecule has 0 spiro atoms. The third-order valence-corrected chi connectivity index (χ3v) is 6.24. The number of benzene rings is 1. The van der Waals surface area contributed by atoms with E-state index in [1.54, 1.807) is 23.5 Å². The molecule has 0 unspecified atom stereocenters. The lowest BCUT2D eigenvalue weighted by molar-refractivity contribution is -0.130. The molecule has 9 heteroatoms. The molecule has 1 aliphatic heterocycles. The summed E-state index contributed by atoms with van der Waals surface area (Å²) in [6.07, 6.45) is 0. The average molecular weight is 409 g/mol. The van der Waals surface area contributed by atoms with Crippen LogP contribution in [0.1, 0.15) is 5.69 Å². The molecule has 1 fully saturated rings. The maximum absolute atomic E-state index is 13.2. The first-order chi connectivity index (χ1) is 13.0. The lowest BCUT2D eigenvalue weighted by Gasteiger charge is -2.34. The van der Waals surface area contributed by atoms with Crippen molar-refractivity contribution in [3.05, 3.63) is 41.2 Å². The first-order valence-corrected chi connectivity index (χ1v) is 10.5. The minimum Gasteiger partial charge on any atom is -0.339 e. The minimum absolute atomic E-state index is 0.0942. The Morgan fingerprint density at radius 1 is 1.30 bits per heavy atom. The second-order valence-electron chi connectivity index (χ2n) is 6.26. The zero-order valence-electron chi connectivity index (χ0n) is 15.0. The number of carbonyl (C=O) groups excluding carboxylic acids is 2. The number of nitrogens with one attached hydrogen (secondary N) is 1. The molecule has 1 saturated heterocycles. The highest BCUT2D eigenvalue weighted by atomic mass is 32.2. The summed E-state index contributed by atoms with van der Waals surface area (Å²) in [6, 6.07) is 5.83. The Morgan fingerprint density at radius 2 is 2.07 bits per heavy atom. The molecule has 3 rings (SSSR count). The lowest BCUT2D eigenvalue weighted by Crippen LogP contribution is -2.50. The molecule has 2 heterocycles. The van der Waals surface area contributed by atoms with Gasteiger partial charge in [-0.25, -0.2) is 9.37 Å². The van der Waals surface area contributed by atoms with Crippen molar-refractivity contribution in [3.8, 4) is 0 Å². The van der Waals surface area contributed by atoms with Crippen LogP contribution in [0.2, 0.25) is 0 Å². The highest BCUT2D eigenvalue weighted by molar-refractivity contribution is 8.01. The van der Waals surface area contributed by atoms with Crippen molar-refractivity contribution in [2.75, 3.05) is 43.8 Å². The fourth-order valence-electron chi connectivity index (χ4n) is 2.74. The van der Waals surface area contributed by atoms with E-state index in [2.05, 4.69) is 10.3 Å². The highest BCUT2D eigenvalue weighted by Crippen LogP contribution is 2.22. The molecule has 1 aliphatic rings. The number of amides is 2. The minimum atomic E-state index is -0.384. The molecule has 0 saturated carbocycles. The smallest absolute Gasteiger partial charge is 0.238 e. The van der Waals surface area contributed by atoms with Gasteiger partial charge in [-0.3, -0.25) is 14.5 Å². The first kappa shape index (κ1) is 19.8. The van der Waals surface area contributed by atoms with Crippen LogP contribution in [0.4, 0.5) is 10.1 Å². The molecule has 0 bridgehead atoms. The molecule has 6 nitrogen and oxygen atoms in total. The maximum atomic E-state index is 13.2. The molecule has 0 aliphatic carbocycles. The molecule has 0 atom stereocenters. The van der Waals surface area contributed by atoms with Crippen molar-refractivity contribution in [1.82, 2.24) is 14.8 Å². The van der Waals surface area contributed by atoms with Gasteiger partial charge in [-0.2, -0.15) is 0 Å². The van der Waals surface area contributed by atoms with Crippen molar-refractivity contribution < 1.29 is 14.0 Å². The average Bonchev–Trinajstić information content (AvgIpc) is 3.05. The number of anilines is 1. The number of nitrogens with zero attached hydrogens (tertiary/aromatic N) is 3. The zero-order chi connectivity index (χ0) is 19.2. The summed E-state index contributed by atoms with van der Waals surface area (Å²) in [5.74, 6) is -0.0926. The van der Waals surface area contributed by atoms with Gasteiger partial charge in [0.05, 0.1) is 12.3 Å². The van der Waals surface area contributed by atoms with Crippen LogP contribution in [0, 0.1) is 12.7 Å². The number of hydrogen-bond donors (Lipinski definition) is 1. The number of piperazine rings is 1. The Bertz CT molecular complexity index is 806. The SMILES string of the molecule is Cc1csc(SCC(=O)N2CCN(CC(=O)Nc3cccc(F)c3)CC2)n1. The molecule has 1 aromatic carbocycles. The fraction of sp³-hybridized carbons (Fsp3) is 0.389. The summed E-state index contributed by atoms with van der Waals surface area (Å²) in [4.78, 5) is 32.6. The normalized spacial score (nSPS) is 15.0. The lowest BCUT2D eigenvalue weighted by atomic mass is 10.3. The predicted molar refractivity (Wildman–Crippen MR) is 106 cm³/mol. The van der Waals surface area contributed by atoms with Gasteiger partial charge < -0.3 is 10.2 Å². The van der Waals surface area contributed by atoms with Crippen LogP contribution in [0.25, 0.3) is 0 Å². The Hall–Kier alpha value is -1.97. The van der Waals surface area contributed by atoms with Crippen molar-refractivity contribution in [1.29, 1.82) is 0 Å². The van der Waals surface area contributed by atoms with E-state index in [1.807, 2.05) is 22.1 Å². The topological polar surface area (TPSA) is 65.5 Å². The Morgan fingerprint density at radius 3 is 2.74 bits per heavy atom. The van der Waals surface area contributed by atoms with E-state index in [1.165, 1.54) is 23.9 Å². The van der Waals surface area contributed by atoms with Gasteiger partial charge in [0, 0.05) is 42.9 Å². The van der Waals surface area contributed by atoms with Gasteiger partial charge in [0.15, 0.2) is 4.34 Å². The molecular weight excluding hydrogens is 387 g/mol. The Kier molecular flexibility index (Phi) is 6.81. The molecule has 27 heavy (non-hydrogen) atoms. The third kappa shape index (κ3) is 6.02. The Balaban J connectivity index is 1.39. The largest absolute Gasteiger partial charge is 0.339 e. The molecule has 1 N–H and O–H groups in total. The van der Waals surface area contributed by atoms with Crippen LogP contribution in [-0.4, -0.2) is 65.1 Å². The number of rotatable bonds is 6. The monoisotopic (exact) mass is 408 g/mol. The summed E-state index contributed by atoms with van der Waals surface area (Å²) in [5.41, 5.74) is 1.42. The van der Waals surface area contributed by atoms with Gasteiger partial charge >= 0.3 is 0 Å². The Labute approximate surface area is 165 Å². The number of aryl methyl sites for hydroxylation is 1. The van der Waals surface area contributed by atoms with Gasteiger partial charge in [-0.15, -0.1) is 11.3 Å². The van der Waals surface area contributed by atoms with E-state index in [0.29, 0.717) is 37.6 Å². The number of carbonyl (C=O) groups is 2. The first-order valence-electron chi connectivity index (χ1n) is 8.60. The van der Waals surface area contributed by atoms with E-state index in [4.69, 9.17) is 0 Å². The molecular formula is C18H21FN4O2S2. The van der Waals surface area contributed by atoms with Crippen molar-refractivity contribution >= 4 is 40.6 Å². The second-order valence-corrected chi connectivity index (χ2v) is 8.34. The number of hydrogen-bond acceptors (Lipinski definition) is 6. The quantitative estimate of drug-likeness (QED) is 0.744. The second kappa shape index (κ2) is 9.29. The molecule has 2 aromatic rings. The van der Waals surface area contributed by atoms with Crippen LogP contribution < -0.4 is 5.32 Å². The van der Waals surface area contributed by atoms with Gasteiger partial charge in [0.2, 0.25) is 11.8 Å². The van der Waals surface area contributed by atoms with E-state index in [9.17, 15) is 14.0 Å². The van der Waals surface area contributed by atoms with Crippen molar-refractivity contribution in [3.63, 3.8) is 0 Å². The van der Waals surface area contributed by atoms with Crippen LogP contribution in [0.5, 0.6) is 0 Å². The third-order valence-electron chi connectivity index (χ3n) is 4.12. The maximum Gasteiger partial charge on any atom is 0.238 e. The highest BCUT2D eigenvalue weighted by Gasteiger charge is 2.22. The van der Waals surface area contributed by atoms with Crippen molar-refractivity contribution in [2.45, 2.75) is 11.3 Å². The van der Waals surface area contributed by atoms with Crippen LogP contribution in [0.15, 0.2) is 34.0 Å². The summed E-state index contributed by atoms with van der Waals surface area (Å²) in [7, 11) is 0. The van der Waals surface area contributed by atoms with Gasteiger partial charge in [0.25, 0.3) is 0 Å². The molecule has 2 amide bonds. The molecule has 1 aromatic heterocycles. The van der Waals surface area contributed by atoms with E-state index in [-0.39, 0.29) is 24.2 Å². The summed E-state index contributed by atoms with van der Waals surface area (Å²) < 4.78 is 14.1.